The molecule has 0 saturated heterocycles. The highest BCUT2D eigenvalue weighted by atomic mass is 16.5. The fourth-order valence-electron chi connectivity index (χ4n) is 8.29. The Morgan fingerprint density at radius 1 is 0.362 bits per heavy atom. The molecule has 4 atom stereocenters. The standard InChI is InChI=1S/C52H80O6/c1-11-19-23-37(15-5)33-55-47-29-41-42-30-48(56-34-38(16-6)24-20-12-2)50(58-36-40(18-8)26-22-14-4)32-44(42)52-46(54-10)28-27-45(53-9)51(52)43(41)31-49(47)57-35-39(17-7)25-21-13-3/h27-32,37-40H,11-26,33-36H2,1-10H3. The molecule has 0 bridgehead atoms. The van der Waals surface area contributed by atoms with Gasteiger partial charge in [-0.25, -0.2) is 0 Å². The fourth-order valence-corrected chi connectivity index (χ4v) is 8.29. The first kappa shape index (κ1) is 47.1. The van der Waals surface area contributed by atoms with Crippen molar-refractivity contribution in [1.29, 1.82) is 0 Å². The minimum absolute atomic E-state index is 0.482. The molecule has 0 heterocycles. The van der Waals surface area contributed by atoms with Gasteiger partial charge >= 0.3 is 0 Å². The maximum Gasteiger partial charge on any atom is 0.161 e. The van der Waals surface area contributed by atoms with Crippen LogP contribution in [0.3, 0.4) is 0 Å². The lowest BCUT2D eigenvalue weighted by Gasteiger charge is -2.23. The third-order valence-corrected chi connectivity index (χ3v) is 12.6. The van der Waals surface area contributed by atoms with Crippen molar-refractivity contribution in [3.8, 4) is 34.5 Å². The lowest BCUT2D eigenvalue weighted by Crippen LogP contribution is -2.14. The maximum absolute atomic E-state index is 6.86. The van der Waals surface area contributed by atoms with E-state index in [9.17, 15) is 0 Å². The Morgan fingerprint density at radius 3 is 0.845 bits per heavy atom. The number of hydrogen-bond acceptors (Lipinski definition) is 6. The van der Waals surface area contributed by atoms with Crippen LogP contribution in [-0.2, 0) is 0 Å². The molecule has 0 fully saturated rings. The molecule has 4 rings (SSSR count). The monoisotopic (exact) mass is 801 g/mol. The van der Waals surface area contributed by atoms with Crippen LogP contribution in [0, 0.1) is 23.7 Å². The molecule has 4 unspecified atom stereocenters. The van der Waals surface area contributed by atoms with Crippen molar-refractivity contribution < 1.29 is 28.4 Å². The fraction of sp³-hybridized carbons (Fsp3) is 0.654. The second-order valence-corrected chi connectivity index (χ2v) is 16.8. The van der Waals surface area contributed by atoms with Gasteiger partial charge in [0.15, 0.2) is 23.0 Å². The summed E-state index contributed by atoms with van der Waals surface area (Å²) < 4.78 is 39.7. The summed E-state index contributed by atoms with van der Waals surface area (Å²) in [6.07, 6.45) is 18.5. The molecule has 6 heteroatoms. The summed E-state index contributed by atoms with van der Waals surface area (Å²) >= 11 is 0. The van der Waals surface area contributed by atoms with Gasteiger partial charge in [0.05, 0.1) is 40.6 Å². The van der Waals surface area contributed by atoms with Gasteiger partial charge in [-0.2, -0.15) is 0 Å². The zero-order chi connectivity index (χ0) is 41.9. The van der Waals surface area contributed by atoms with E-state index in [0.717, 1.165) is 118 Å². The van der Waals surface area contributed by atoms with Gasteiger partial charge < -0.3 is 28.4 Å². The predicted molar refractivity (Wildman–Crippen MR) is 247 cm³/mol. The summed E-state index contributed by atoms with van der Waals surface area (Å²) in [6.45, 7) is 20.8. The lowest BCUT2D eigenvalue weighted by atomic mass is 9.92. The number of methoxy groups -OCH3 is 2. The molecule has 4 aromatic carbocycles. The molecule has 58 heavy (non-hydrogen) atoms. The van der Waals surface area contributed by atoms with Crippen LogP contribution in [0.25, 0.3) is 32.3 Å². The zero-order valence-electron chi connectivity index (χ0n) is 38.4. The van der Waals surface area contributed by atoms with E-state index in [1.165, 1.54) is 51.4 Å². The Kier molecular flexibility index (Phi) is 20.5. The van der Waals surface area contributed by atoms with E-state index in [-0.39, 0.29) is 0 Å². The first-order valence-corrected chi connectivity index (χ1v) is 23.5. The van der Waals surface area contributed by atoms with E-state index in [4.69, 9.17) is 28.4 Å². The van der Waals surface area contributed by atoms with Crippen molar-refractivity contribution in [3.63, 3.8) is 0 Å². The average Bonchev–Trinajstić information content (AvgIpc) is 3.26. The highest BCUT2D eigenvalue weighted by Crippen LogP contribution is 2.49. The third-order valence-electron chi connectivity index (χ3n) is 12.6. The highest BCUT2D eigenvalue weighted by molar-refractivity contribution is 6.29. The van der Waals surface area contributed by atoms with Crippen molar-refractivity contribution in [2.45, 2.75) is 158 Å². The van der Waals surface area contributed by atoms with Gasteiger partial charge in [-0.1, -0.05) is 132 Å². The van der Waals surface area contributed by atoms with Gasteiger partial charge in [0.25, 0.3) is 0 Å². The molecule has 0 N–H and O–H groups in total. The average molecular weight is 801 g/mol. The number of ether oxygens (including phenoxy) is 6. The van der Waals surface area contributed by atoms with Gasteiger partial charge in [0.1, 0.15) is 11.5 Å². The number of hydrogen-bond donors (Lipinski definition) is 0. The molecule has 0 amide bonds. The Labute approximate surface area is 353 Å². The summed E-state index contributed by atoms with van der Waals surface area (Å²) in [5.74, 6) is 6.68. The van der Waals surface area contributed by atoms with Crippen LogP contribution >= 0.6 is 0 Å². The van der Waals surface area contributed by atoms with Crippen LogP contribution in [0.5, 0.6) is 34.5 Å². The first-order valence-electron chi connectivity index (χ1n) is 23.5. The molecular weight excluding hydrogens is 721 g/mol. The van der Waals surface area contributed by atoms with E-state index in [1.807, 2.05) is 12.1 Å². The second kappa shape index (κ2) is 25.2. The van der Waals surface area contributed by atoms with Gasteiger partial charge in [-0.15, -0.1) is 0 Å². The Bertz CT molecular complexity index is 1670. The molecular formula is C52H80O6. The maximum atomic E-state index is 6.86. The largest absolute Gasteiger partial charge is 0.496 e. The number of fused-ring (bicyclic) bond motifs is 6. The normalized spacial score (nSPS) is 13.8. The lowest BCUT2D eigenvalue weighted by molar-refractivity contribution is 0.199. The molecule has 0 saturated carbocycles. The van der Waals surface area contributed by atoms with E-state index < -0.39 is 0 Å². The smallest absolute Gasteiger partial charge is 0.161 e. The van der Waals surface area contributed by atoms with Crippen LogP contribution in [0.4, 0.5) is 0 Å². The van der Waals surface area contributed by atoms with E-state index in [2.05, 4.69) is 79.7 Å². The molecule has 0 aliphatic rings. The second-order valence-electron chi connectivity index (χ2n) is 16.8. The first-order chi connectivity index (χ1) is 28.3. The van der Waals surface area contributed by atoms with Crippen molar-refractivity contribution >= 4 is 32.3 Å². The number of unbranched alkanes of at least 4 members (excludes halogenated alkanes) is 4. The van der Waals surface area contributed by atoms with Crippen molar-refractivity contribution in [3.05, 3.63) is 36.4 Å². The number of rotatable bonds is 30. The molecule has 4 aromatic rings. The van der Waals surface area contributed by atoms with Gasteiger partial charge in [0.2, 0.25) is 0 Å². The van der Waals surface area contributed by atoms with Crippen LogP contribution in [0.15, 0.2) is 36.4 Å². The van der Waals surface area contributed by atoms with Crippen molar-refractivity contribution in [1.82, 2.24) is 0 Å². The summed E-state index contributed by atoms with van der Waals surface area (Å²) in [5, 5.41) is 6.21. The topological polar surface area (TPSA) is 55.4 Å². The molecule has 0 radical (unpaired) electrons. The zero-order valence-corrected chi connectivity index (χ0v) is 38.4. The molecule has 0 aliphatic carbocycles. The quantitative estimate of drug-likeness (QED) is 0.0490. The summed E-state index contributed by atoms with van der Waals surface area (Å²) in [4.78, 5) is 0. The van der Waals surface area contributed by atoms with Crippen LogP contribution in [-0.4, -0.2) is 40.6 Å². The highest BCUT2D eigenvalue weighted by Gasteiger charge is 2.24. The van der Waals surface area contributed by atoms with E-state index >= 15 is 0 Å². The van der Waals surface area contributed by atoms with Crippen molar-refractivity contribution in [2.24, 2.45) is 23.7 Å². The van der Waals surface area contributed by atoms with Gasteiger partial charge in [-0.05, 0) is 107 Å². The Morgan fingerprint density at radius 2 is 0.621 bits per heavy atom. The number of benzene rings is 4. The molecule has 0 aliphatic heterocycles. The summed E-state index contributed by atoms with van der Waals surface area (Å²) in [5.41, 5.74) is 0. The van der Waals surface area contributed by atoms with Crippen LogP contribution < -0.4 is 28.4 Å². The summed E-state index contributed by atoms with van der Waals surface area (Å²) in [6, 6.07) is 12.9. The molecule has 324 valence electrons. The van der Waals surface area contributed by atoms with E-state index in [0.29, 0.717) is 50.1 Å². The third kappa shape index (κ3) is 12.5. The Hall–Kier alpha value is -3.54. The summed E-state index contributed by atoms with van der Waals surface area (Å²) in [7, 11) is 3.50. The predicted octanol–water partition coefficient (Wildman–Crippen LogP) is 15.5. The minimum atomic E-state index is 0.482. The van der Waals surface area contributed by atoms with Crippen molar-refractivity contribution in [2.75, 3.05) is 40.6 Å². The Balaban J connectivity index is 2.03. The SMILES string of the molecule is CCCCC(CC)COc1cc2c3cc(OCC(CC)CCCC)c(OCC(CC)CCCC)cc3c3c(OC)ccc(OC)c3c2cc1OCC(CC)CCCC. The molecule has 0 aromatic heterocycles. The minimum Gasteiger partial charge on any atom is -0.496 e. The van der Waals surface area contributed by atoms with E-state index in [1.54, 1.807) is 14.2 Å². The van der Waals surface area contributed by atoms with Gasteiger partial charge in [-0.3, -0.25) is 0 Å². The van der Waals surface area contributed by atoms with Gasteiger partial charge in [0, 0.05) is 10.8 Å². The van der Waals surface area contributed by atoms with Crippen LogP contribution in [0.1, 0.15) is 158 Å². The van der Waals surface area contributed by atoms with Crippen LogP contribution in [0.2, 0.25) is 0 Å². The molecule has 0 spiro atoms. The molecule has 6 nitrogen and oxygen atoms in total.